The average Bonchev–Trinajstić information content (AvgIpc) is 2.86. The molecule has 0 saturated carbocycles. The molecule has 1 atom stereocenters. The minimum atomic E-state index is -1.17. The van der Waals surface area contributed by atoms with E-state index in [0.717, 1.165) is 6.42 Å². The van der Waals surface area contributed by atoms with Crippen LogP contribution in [0, 0.1) is 5.92 Å². The molecule has 1 heterocycles. The molecule has 1 aromatic heterocycles. The molecule has 0 saturated heterocycles. The lowest BCUT2D eigenvalue weighted by molar-refractivity contribution is -0.122. The quantitative estimate of drug-likeness (QED) is 0.689. The molecule has 1 rings (SSSR count). The molecule has 21 heavy (non-hydrogen) atoms. The predicted octanol–water partition coefficient (Wildman–Crippen LogP) is 0.544. The monoisotopic (exact) mass is 298 g/mol. The third-order valence-corrected chi connectivity index (χ3v) is 2.94. The molecular weight excluding hydrogens is 276 g/mol. The summed E-state index contributed by atoms with van der Waals surface area (Å²) in [7, 11) is 0. The Labute approximate surface area is 123 Å². The van der Waals surface area contributed by atoms with Gasteiger partial charge < -0.3 is 15.2 Å². The number of carboxylic acids is 1. The van der Waals surface area contributed by atoms with E-state index in [1.54, 1.807) is 0 Å². The summed E-state index contributed by atoms with van der Waals surface area (Å²) < 4.78 is 6.78. The van der Waals surface area contributed by atoms with Crippen LogP contribution in [0.4, 0.5) is 0 Å². The molecule has 0 aromatic carbocycles. The Balaban J connectivity index is 2.34. The van der Waals surface area contributed by atoms with E-state index < -0.39 is 5.97 Å². The summed E-state index contributed by atoms with van der Waals surface area (Å²) in [6.45, 7) is 7.19. The topological polar surface area (TPSA) is 106 Å². The highest BCUT2D eigenvalue weighted by molar-refractivity contribution is 5.84. The van der Waals surface area contributed by atoms with E-state index in [2.05, 4.69) is 29.5 Å². The van der Waals surface area contributed by atoms with Gasteiger partial charge in [-0.2, -0.15) is 0 Å². The van der Waals surface area contributed by atoms with Gasteiger partial charge in [0.25, 0.3) is 0 Å². The zero-order chi connectivity index (χ0) is 15.8. The Morgan fingerprint density at radius 3 is 2.71 bits per heavy atom. The molecule has 1 aromatic rings. The van der Waals surface area contributed by atoms with Crippen molar-refractivity contribution in [1.82, 2.24) is 20.3 Å². The fraction of sp³-hybridized carbons (Fsp3) is 0.692. The maximum atomic E-state index is 11.7. The van der Waals surface area contributed by atoms with Gasteiger partial charge in [-0.15, -0.1) is 5.10 Å². The number of rotatable bonds is 9. The fourth-order valence-electron chi connectivity index (χ4n) is 1.85. The zero-order valence-corrected chi connectivity index (χ0v) is 12.6. The summed E-state index contributed by atoms with van der Waals surface area (Å²) in [5.41, 5.74) is -0.181. The molecule has 8 heteroatoms. The Kier molecular flexibility index (Phi) is 6.80. The summed E-state index contributed by atoms with van der Waals surface area (Å²) in [4.78, 5) is 22.4. The van der Waals surface area contributed by atoms with E-state index in [4.69, 9.17) is 9.84 Å². The molecule has 0 radical (unpaired) electrons. The minimum Gasteiger partial charge on any atom is -0.476 e. The fourth-order valence-corrected chi connectivity index (χ4v) is 1.85. The van der Waals surface area contributed by atoms with Crippen molar-refractivity contribution in [3.05, 3.63) is 11.9 Å². The highest BCUT2D eigenvalue weighted by Gasteiger charge is 2.14. The van der Waals surface area contributed by atoms with E-state index in [9.17, 15) is 9.59 Å². The first-order valence-corrected chi connectivity index (χ1v) is 6.95. The third kappa shape index (κ3) is 5.90. The number of hydrogen-bond donors (Lipinski definition) is 2. The van der Waals surface area contributed by atoms with Crippen molar-refractivity contribution in [1.29, 1.82) is 0 Å². The third-order valence-electron chi connectivity index (χ3n) is 2.94. The second kappa shape index (κ2) is 8.35. The Morgan fingerprint density at radius 1 is 1.48 bits per heavy atom. The van der Waals surface area contributed by atoms with Gasteiger partial charge in [-0.1, -0.05) is 19.1 Å². The van der Waals surface area contributed by atoms with Crippen molar-refractivity contribution in [3.8, 4) is 0 Å². The Morgan fingerprint density at radius 2 is 2.19 bits per heavy atom. The maximum Gasteiger partial charge on any atom is 0.358 e. The summed E-state index contributed by atoms with van der Waals surface area (Å²) >= 11 is 0. The molecule has 0 spiro atoms. The van der Waals surface area contributed by atoms with Crippen molar-refractivity contribution in [3.63, 3.8) is 0 Å². The molecule has 2 N–H and O–H groups in total. The standard InChI is InChI=1S/C13H22N4O4/c1-4-21-11(9(2)3)5-6-14-12(18)8-17-7-10(13(19)20)15-16-17/h7,9,11H,4-6,8H2,1-3H3,(H,14,18)(H,19,20). The first-order chi connectivity index (χ1) is 9.93. The van der Waals surface area contributed by atoms with Crippen LogP contribution in [0.15, 0.2) is 6.20 Å². The summed E-state index contributed by atoms with van der Waals surface area (Å²) in [6.07, 6.45) is 2.06. The number of aromatic carboxylic acids is 1. The number of nitrogens with zero attached hydrogens (tertiary/aromatic N) is 3. The van der Waals surface area contributed by atoms with Gasteiger partial charge in [0, 0.05) is 13.2 Å². The number of nitrogens with one attached hydrogen (secondary N) is 1. The molecule has 0 aliphatic carbocycles. The van der Waals surface area contributed by atoms with Crippen LogP contribution < -0.4 is 5.32 Å². The van der Waals surface area contributed by atoms with Crippen LogP contribution in [0.3, 0.4) is 0 Å². The lowest BCUT2D eigenvalue weighted by Crippen LogP contribution is -2.32. The van der Waals surface area contributed by atoms with Crippen molar-refractivity contribution in [2.75, 3.05) is 13.2 Å². The number of hydrogen-bond acceptors (Lipinski definition) is 5. The summed E-state index contributed by atoms with van der Waals surface area (Å²) in [5.74, 6) is -1.02. The van der Waals surface area contributed by atoms with Crippen LogP contribution in [-0.4, -0.2) is 51.2 Å². The van der Waals surface area contributed by atoms with Gasteiger partial charge in [0.15, 0.2) is 5.69 Å². The second-order valence-corrected chi connectivity index (χ2v) is 4.98. The number of amides is 1. The zero-order valence-electron chi connectivity index (χ0n) is 12.6. The lowest BCUT2D eigenvalue weighted by Gasteiger charge is -2.20. The number of carbonyl (C=O) groups excluding carboxylic acids is 1. The Hall–Kier alpha value is -1.96. The van der Waals surface area contributed by atoms with Gasteiger partial charge in [-0.3, -0.25) is 4.79 Å². The predicted molar refractivity (Wildman–Crippen MR) is 74.9 cm³/mol. The van der Waals surface area contributed by atoms with Crippen LogP contribution in [0.25, 0.3) is 0 Å². The van der Waals surface area contributed by atoms with Crippen molar-refractivity contribution in [2.24, 2.45) is 5.92 Å². The SMILES string of the molecule is CCOC(CCNC(=O)Cn1cc(C(=O)O)nn1)C(C)C. The molecule has 0 aliphatic heterocycles. The largest absolute Gasteiger partial charge is 0.476 e. The van der Waals surface area contributed by atoms with Gasteiger partial charge in [0.1, 0.15) is 6.54 Å². The van der Waals surface area contributed by atoms with Gasteiger partial charge in [-0.05, 0) is 19.3 Å². The van der Waals surface area contributed by atoms with Crippen molar-refractivity contribution < 1.29 is 19.4 Å². The molecule has 118 valence electrons. The van der Waals surface area contributed by atoms with Crippen LogP contribution >= 0.6 is 0 Å². The van der Waals surface area contributed by atoms with Crippen molar-refractivity contribution >= 4 is 11.9 Å². The lowest BCUT2D eigenvalue weighted by atomic mass is 10.0. The maximum absolute atomic E-state index is 11.7. The van der Waals surface area contributed by atoms with Crippen molar-refractivity contribution in [2.45, 2.75) is 39.8 Å². The van der Waals surface area contributed by atoms with E-state index >= 15 is 0 Å². The highest BCUT2D eigenvalue weighted by atomic mass is 16.5. The number of aromatic nitrogens is 3. The number of carbonyl (C=O) groups is 2. The normalized spacial score (nSPS) is 12.4. The first-order valence-electron chi connectivity index (χ1n) is 6.95. The van der Waals surface area contributed by atoms with E-state index in [-0.39, 0.29) is 24.2 Å². The molecule has 8 nitrogen and oxygen atoms in total. The van der Waals surface area contributed by atoms with Crippen LogP contribution in [0.2, 0.25) is 0 Å². The van der Waals surface area contributed by atoms with Gasteiger partial charge >= 0.3 is 5.97 Å². The second-order valence-electron chi connectivity index (χ2n) is 4.98. The molecule has 1 unspecified atom stereocenters. The van der Waals surface area contributed by atoms with Gasteiger partial charge in [0.2, 0.25) is 5.91 Å². The highest BCUT2D eigenvalue weighted by Crippen LogP contribution is 2.09. The van der Waals surface area contributed by atoms with Crippen LogP contribution in [-0.2, 0) is 16.1 Å². The average molecular weight is 298 g/mol. The molecule has 0 aliphatic rings. The summed E-state index contributed by atoms with van der Waals surface area (Å²) in [6, 6.07) is 0. The molecule has 0 bridgehead atoms. The first kappa shape index (κ1) is 17.1. The van der Waals surface area contributed by atoms with E-state index in [1.807, 2.05) is 6.92 Å². The molecular formula is C13H22N4O4. The number of carboxylic acid groups (broad SMARTS) is 1. The number of ether oxygens (including phenoxy) is 1. The van der Waals surface area contributed by atoms with Gasteiger partial charge in [0.05, 0.1) is 12.3 Å². The van der Waals surface area contributed by atoms with Crippen LogP contribution in [0.1, 0.15) is 37.7 Å². The smallest absolute Gasteiger partial charge is 0.358 e. The molecule has 1 amide bonds. The summed E-state index contributed by atoms with van der Waals surface area (Å²) in [5, 5.41) is 18.5. The molecule has 0 fully saturated rings. The van der Waals surface area contributed by atoms with E-state index in [1.165, 1.54) is 10.9 Å². The van der Waals surface area contributed by atoms with E-state index in [0.29, 0.717) is 19.1 Å². The Bertz CT molecular complexity index is 472. The minimum absolute atomic E-state index is 0.0543. The van der Waals surface area contributed by atoms with Gasteiger partial charge in [-0.25, -0.2) is 9.48 Å². The van der Waals surface area contributed by atoms with Crippen LogP contribution in [0.5, 0.6) is 0 Å².